The summed E-state index contributed by atoms with van der Waals surface area (Å²) in [6, 6.07) is 12.9. The molecule has 0 bridgehead atoms. The van der Waals surface area contributed by atoms with Gasteiger partial charge in [0, 0.05) is 94.3 Å². The minimum atomic E-state index is -2.78. The fourth-order valence-electron chi connectivity index (χ4n) is 10.9. The Labute approximate surface area is 415 Å². The number of likely N-dealkylation sites (tertiary alicyclic amines) is 1. The Hall–Kier alpha value is -6.01. The third-order valence-corrected chi connectivity index (χ3v) is 16.7. The van der Waals surface area contributed by atoms with Crippen LogP contribution in [-0.2, 0) is 14.2 Å². The van der Waals surface area contributed by atoms with Gasteiger partial charge in [0.15, 0.2) is 0 Å². The van der Waals surface area contributed by atoms with E-state index in [4.69, 9.17) is 9.72 Å². The van der Waals surface area contributed by atoms with Crippen molar-refractivity contribution in [3.05, 3.63) is 82.2 Å². The summed E-state index contributed by atoms with van der Waals surface area (Å²) < 4.78 is 20.1. The van der Waals surface area contributed by atoms with Gasteiger partial charge in [0.05, 0.1) is 44.9 Å². The van der Waals surface area contributed by atoms with Crippen LogP contribution in [0.4, 0.5) is 34.5 Å². The van der Waals surface area contributed by atoms with Gasteiger partial charge in [0.2, 0.25) is 17.8 Å². The van der Waals surface area contributed by atoms with Crippen molar-refractivity contribution < 1.29 is 28.5 Å². The van der Waals surface area contributed by atoms with E-state index in [1.54, 1.807) is 51.2 Å². The minimum Gasteiger partial charge on any atom is -0.494 e. The van der Waals surface area contributed by atoms with E-state index in [0.29, 0.717) is 67.1 Å². The summed E-state index contributed by atoms with van der Waals surface area (Å²) in [7, 11) is -1.10. The first-order valence-electron chi connectivity index (χ1n) is 24.1. The largest absolute Gasteiger partial charge is 0.494 e. The normalized spacial score (nSPS) is 20.0. The van der Waals surface area contributed by atoms with Crippen LogP contribution in [0.5, 0.6) is 5.75 Å². The van der Waals surface area contributed by atoms with Crippen LogP contribution in [-0.4, -0.2) is 150 Å². The molecule has 70 heavy (non-hydrogen) atoms. The second kappa shape index (κ2) is 19.6. The number of imide groups is 2. The summed E-state index contributed by atoms with van der Waals surface area (Å²) in [4.78, 5) is 80.2. The van der Waals surface area contributed by atoms with Gasteiger partial charge in [-0.3, -0.25) is 44.3 Å². The van der Waals surface area contributed by atoms with Gasteiger partial charge in [-0.05, 0) is 129 Å². The molecule has 18 nitrogen and oxygen atoms in total. The van der Waals surface area contributed by atoms with Crippen LogP contribution in [0, 0.1) is 12.8 Å². The van der Waals surface area contributed by atoms with Crippen LogP contribution < -0.4 is 35.8 Å². The van der Waals surface area contributed by atoms with Gasteiger partial charge in [-0.2, -0.15) is 4.98 Å². The maximum absolute atomic E-state index is 13.5. The summed E-state index contributed by atoms with van der Waals surface area (Å²) >= 11 is 3.59. The number of nitrogens with zero attached hydrogens (tertiary/aromatic N) is 9. The van der Waals surface area contributed by atoms with Crippen molar-refractivity contribution in [1.29, 1.82) is 0 Å². The van der Waals surface area contributed by atoms with Gasteiger partial charge < -0.3 is 34.6 Å². The molecule has 1 unspecified atom stereocenters. The smallest absolute Gasteiger partial charge is 0.262 e. The molecule has 3 N–H and O–H groups in total. The fourth-order valence-corrected chi connectivity index (χ4v) is 12.6. The molecule has 0 radical (unpaired) electrons. The van der Waals surface area contributed by atoms with E-state index in [1.165, 1.54) is 0 Å². The number of nitrogens with one attached hydrogen (secondary N) is 3. The number of amides is 4. The SMILES string of the molecule is COc1cc(N2CCN(C3CCN(CC4CCN(c5ccc6c(c5)C(=O)N(C5CCC(=O)NC5=O)C6=O)CC4)CC3)CC2)c(C)cc1Nc1ncc(Br)c(Nc2ccc3nccnc3c2P(C)(C)=O)n1. The molecule has 366 valence electrons. The van der Waals surface area contributed by atoms with Crippen molar-refractivity contribution in [2.75, 3.05) is 99.8 Å². The third kappa shape index (κ3) is 9.60. The highest BCUT2D eigenvalue weighted by Gasteiger charge is 2.45. The zero-order valence-electron chi connectivity index (χ0n) is 39.9. The highest BCUT2D eigenvalue weighted by molar-refractivity contribution is 9.10. The summed E-state index contributed by atoms with van der Waals surface area (Å²) in [5.41, 5.74) is 6.47. The Morgan fingerprint density at radius 2 is 1.54 bits per heavy atom. The van der Waals surface area contributed by atoms with Crippen LogP contribution in [0.25, 0.3) is 11.0 Å². The average molecular weight is 1030 g/mol. The van der Waals surface area contributed by atoms with Crippen molar-refractivity contribution in [1.82, 2.24) is 40.0 Å². The molecule has 4 fully saturated rings. The molecular formula is C50H58BrN12O6P. The standard InChI is InChI=1S/C50H58BrN12O6P/c1-30-25-39(56-50-54-28-36(51)46(58-50)55-38-8-7-37-44(53-16-15-52-37)45(38)70(3,4)68)42(69-2)27-41(30)62-23-21-61(22-24-62)32-13-17-59(18-14-32)29-31-11-19-60(20-12-31)33-5-6-34-35(26-33)49(67)63(48(34)66)40-9-10-43(64)57-47(40)65/h5-8,15-16,25-28,31-32,40H,9-14,17-24,29H2,1-4H3,(H,57,64,65)(H2,54,55,56,58). The number of ether oxygens (including phenoxy) is 1. The van der Waals surface area contributed by atoms with Crippen LogP contribution in [0.3, 0.4) is 0 Å². The number of aryl methyl sites for hydroxylation is 1. The Bertz CT molecular complexity index is 2930. The van der Waals surface area contributed by atoms with E-state index in [2.05, 4.69) is 85.5 Å². The molecule has 4 saturated heterocycles. The van der Waals surface area contributed by atoms with Crippen LogP contribution in [0.15, 0.2) is 65.5 Å². The molecule has 7 heterocycles. The summed E-state index contributed by atoms with van der Waals surface area (Å²) in [6.07, 6.45) is 9.58. The monoisotopic (exact) mass is 1030 g/mol. The van der Waals surface area contributed by atoms with Crippen LogP contribution >= 0.6 is 23.1 Å². The first-order chi connectivity index (χ1) is 33.7. The summed E-state index contributed by atoms with van der Waals surface area (Å²) in [6.45, 7) is 14.5. The molecule has 4 amide bonds. The molecule has 5 aromatic rings. The van der Waals surface area contributed by atoms with Gasteiger partial charge in [0.1, 0.15) is 30.3 Å². The number of hydrogen-bond donors (Lipinski definition) is 3. The number of rotatable bonds is 12. The van der Waals surface area contributed by atoms with Gasteiger partial charge >= 0.3 is 0 Å². The zero-order valence-corrected chi connectivity index (χ0v) is 42.4. The summed E-state index contributed by atoms with van der Waals surface area (Å²) in [5, 5.41) is 9.62. The Morgan fingerprint density at radius 3 is 2.27 bits per heavy atom. The number of carbonyl (C=O) groups excluding carboxylic acids is 4. The van der Waals surface area contributed by atoms with E-state index in [1.807, 2.05) is 18.2 Å². The number of fused-ring (bicyclic) bond motifs is 2. The quantitative estimate of drug-likeness (QED) is 0.0951. The Balaban J connectivity index is 0.697. The number of aromatic nitrogens is 4. The molecule has 2 aromatic heterocycles. The molecule has 1 atom stereocenters. The lowest BCUT2D eigenvalue weighted by atomic mass is 9.93. The van der Waals surface area contributed by atoms with E-state index in [9.17, 15) is 23.7 Å². The highest BCUT2D eigenvalue weighted by Crippen LogP contribution is 2.42. The number of carbonyl (C=O) groups is 4. The van der Waals surface area contributed by atoms with Crippen molar-refractivity contribution in [2.45, 2.75) is 57.5 Å². The first kappa shape index (κ1) is 47.7. The van der Waals surface area contributed by atoms with E-state index in [-0.39, 0.29) is 18.7 Å². The molecule has 5 aliphatic heterocycles. The molecule has 0 saturated carbocycles. The molecule has 10 rings (SSSR count). The maximum Gasteiger partial charge on any atom is 0.262 e. The number of piperazine rings is 1. The van der Waals surface area contributed by atoms with Crippen molar-refractivity contribution >= 4 is 97.6 Å². The zero-order chi connectivity index (χ0) is 48.8. The average Bonchev–Trinajstić information content (AvgIpc) is 3.60. The van der Waals surface area contributed by atoms with Gasteiger partial charge in [-0.15, -0.1) is 0 Å². The lowest BCUT2D eigenvalue weighted by molar-refractivity contribution is -0.136. The van der Waals surface area contributed by atoms with Gasteiger partial charge in [0.25, 0.3) is 11.8 Å². The number of benzene rings is 3. The highest BCUT2D eigenvalue weighted by atomic mass is 79.9. The molecule has 3 aromatic carbocycles. The topological polar surface area (TPSA) is 198 Å². The van der Waals surface area contributed by atoms with E-state index < -0.39 is 30.9 Å². The molecular weight excluding hydrogens is 976 g/mol. The summed E-state index contributed by atoms with van der Waals surface area (Å²) in [5.74, 6) is 0.228. The Morgan fingerprint density at radius 1 is 0.800 bits per heavy atom. The maximum atomic E-state index is 13.5. The number of halogens is 1. The van der Waals surface area contributed by atoms with Crippen LogP contribution in [0.2, 0.25) is 0 Å². The number of piperidine rings is 3. The van der Waals surface area contributed by atoms with Gasteiger partial charge in [-0.25, -0.2) is 4.98 Å². The molecule has 0 aliphatic carbocycles. The number of hydrogen-bond acceptors (Lipinski definition) is 16. The second-order valence-electron chi connectivity index (χ2n) is 19.4. The van der Waals surface area contributed by atoms with Crippen molar-refractivity contribution in [3.8, 4) is 5.75 Å². The van der Waals surface area contributed by atoms with E-state index in [0.717, 1.165) is 112 Å². The predicted octanol–water partition coefficient (Wildman–Crippen LogP) is 6.14. The van der Waals surface area contributed by atoms with Crippen LogP contribution in [0.1, 0.15) is 64.8 Å². The minimum absolute atomic E-state index is 0.0977. The Kier molecular flexibility index (Phi) is 13.4. The molecule has 20 heteroatoms. The predicted molar refractivity (Wildman–Crippen MR) is 274 cm³/mol. The molecule has 5 aliphatic rings. The number of anilines is 6. The van der Waals surface area contributed by atoms with Gasteiger partial charge in [-0.1, -0.05) is 0 Å². The lowest BCUT2D eigenvalue weighted by Gasteiger charge is -2.44. The first-order valence-corrected chi connectivity index (χ1v) is 27.5. The molecule has 0 spiro atoms. The van der Waals surface area contributed by atoms with E-state index >= 15 is 0 Å². The number of methoxy groups -OCH3 is 1. The van der Waals surface area contributed by atoms with Crippen molar-refractivity contribution in [3.63, 3.8) is 0 Å². The third-order valence-electron chi connectivity index (χ3n) is 14.6. The van der Waals surface area contributed by atoms with Crippen molar-refractivity contribution in [2.24, 2.45) is 5.92 Å². The second-order valence-corrected chi connectivity index (χ2v) is 23.4. The fraction of sp³-hybridized carbons (Fsp3) is 0.440. The lowest BCUT2D eigenvalue weighted by Crippen LogP contribution is -2.54.